The highest BCUT2D eigenvalue weighted by Gasteiger charge is 2.01. The van der Waals surface area contributed by atoms with Crippen LogP contribution in [-0.2, 0) is 0 Å². The zero-order valence-corrected chi connectivity index (χ0v) is 10.8. The van der Waals surface area contributed by atoms with Gasteiger partial charge in [-0.05, 0) is 20.3 Å². The molecule has 0 bridgehead atoms. The first-order valence-electron chi connectivity index (χ1n) is 6.41. The van der Waals surface area contributed by atoms with E-state index in [0.717, 1.165) is 18.8 Å². The van der Waals surface area contributed by atoms with Crippen molar-refractivity contribution >= 4 is 0 Å². The molecular weight excluding hydrogens is 200 g/mol. The Morgan fingerprint density at radius 3 is 2.62 bits per heavy atom. The van der Waals surface area contributed by atoms with Gasteiger partial charge < -0.3 is 4.74 Å². The van der Waals surface area contributed by atoms with Gasteiger partial charge in [0, 0.05) is 6.04 Å². The van der Waals surface area contributed by atoms with E-state index in [2.05, 4.69) is 25.9 Å². The topological polar surface area (TPSA) is 27.1 Å². The maximum absolute atomic E-state index is 5.63. The standard InChI is InChI=1S/C13H24N2O/c1-4-5-6-7-8-9-16-13-10-14-15(11-13)12(2)3/h10-12H,4-9H2,1-3H3. The van der Waals surface area contributed by atoms with Gasteiger partial charge in [-0.15, -0.1) is 0 Å². The van der Waals surface area contributed by atoms with Gasteiger partial charge >= 0.3 is 0 Å². The van der Waals surface area contributed by atoms with Crippen LogP contribution in [0.2, 0.25) is 0 Å². The minimum atomic E-state index is 0.405. The molecule has 0 aromatic carbocycles. The molecule has 92 valence electrons. The zero-order valence-electron chi connectivity index (χ0n) is 10.8. The number of hydrogen-bond acceptors (Lipinski definition) is 2. The van der Waals surface area contributed by atoms with Crippen molar-refractivity contribution in [3.8, 4) is 5.75 Å². The summed E-state index contributed by atoms with van der Waals surface area (Å²) in [5.41, 5.74) is 0. The van der Waals surface area contributed by atoms with Crippen LogP contribution in [0.3, 0.4) is 0 Å². The highest BCUT2D eigenvalue weighted by Crippen LogP contribution is 2.13. The number of aromatic nitrogens is 2. The summed E-state index contributed by atoms with van der Waals surface area (Å²) in [6.45, 7) is 7.27. The minimum absolute atomic E-state index is 0.405. The van der Waals surface area contributed by atoms with Crippen molar-refractivity contribution in [2.75, 3.05) is 6.61 Å². The van der Waals surface area contributed by atoms with Crippen molar-refractivity contribution in [3.05, 3.63) is 12.4 Å². The van der Waals surface area contributed by atoms with E-state index in [-0.39, 0.29) is 0 Å². The van der Waals surface area contributed by atoms with Crippen LogP contribution in [-0.4, -0.2) is 16.4 Å². The summed E-state index contributed by atoms with van der Waals surface area (Å²) in [6, 6.07) is 0.405. The number of hydrogen-bond donors (Lipinski definition) is 0. The maximum atomic E-state index is 5.63. The smallest absolute Gasteiger partial charge is 0.157 e. The van der Waals surface area contributed by atoms with E-state index >= 15 is 0 Å². The van der Waals surface area contributed by atoms with E-state index in [0.29, 0.717) is 6.04 Å². The second-order valence-electron chi connectivity index (χ2n) is 4.51. The first kappa shape index (κ1) is 13.1. The lowest BCUT2D eigenvalue weighted by Gasteiger charge is -2.04. The number of nitrogens with zero attached hydrogens (tertiary/aromatic N) is 2. The fraction of sp³-hybridized carbons (Fsp3) is 0.769. The van der Waals surface area contributed by atoms with Crippen LogP contribution in [0.5, 0.6) is 5.75 Å². The molecule has 0 saturated carbocycles. The second kappa shape index (κ2) is 7.31. The molecule has 0 radical (unpaired) electrons. The molecule has 0 saturated heterocycles. The van der Waals surface area contributed by atoms with Crippen LogP contribution < -0.4 is 4.74 Å². The van der Waals surface area contributed by atoms with Crippen molar-refractivity contribution in [1.29, 1.82) is 0 Å². The van der Waals surface area contributed by atoms with Crippen molar-refractivity contribution in [2.24, 2.45) is 0 Å². The number of rotatable bonds is 8. The molecule has 3 heteroatoms. The van der Waals surface area contributed by atoms with Crippen LogP contribution in [0, 0.1) is 0 Å². The fourth-order valence-electron chi connectivity index (χ4n) is 1.57. The molecule has 0 aliphatic carbocycles. The zero-order chi connectivity index (χ0) is 11.8. The third-order valence-electron chi connectivity index (χ3n) is 2.62. The summed E-state index contributed by atoms with van der Waals surface area (Å²) in [7, 11) is 0. The van der Waals surface area contributed by atoms with Crippen molar-refractivity contribution in [1.82, 2.24) is 9.78 Å². The average molecular weight is 224 g/mol. The SMILES string of the molecule is CCCCCCCOc1cnn(C(C)C)c1. The molecule has 0 amide bonds. The molecular formula is C13H24N2O. The molecule has 0 atom stereocenters. The van der Waals surface area contributed by atoms with E-state index in [4.69, 9.17) is 4.74 Å². The Balaban J connectivity index is 2.12. The van der Waals surface area contributed by atoms with Crippen molar-refractivity contribution in [3.63, 3.8) is 0 Å². The highest BCUT2D eigenvalue weighted by atomic mass is 16.5. The van der Waals surface area contributed by atoms with Crippen LogP contribution in [0.25, 0.3) is 0 Å². The number of unbranched alkanes of at least 4 members (excludes halogenated alkanes) is 4. The van der Waals surface area contributed by atoms with Crippen molar-refractivity contribution < 1.29 is 4.74 Å². The van der Waals surface area contributed by atoms with Gasteiger partial charge in [0.1, 0.15) is 0 Å². The van der Waals surface area contributed by atoms with Crippen LogP contribution >= 0.6 is 0 Å². The summed E-state index contributed by atoms with van der Waals surface area (Å²) in [6.07, 6.45) is 10.1. The van der Waals surface area contributed by atoms with E-state index in [9.17, 15) is 0 Å². The van der Waals surface area contributed by atoms with Crippen molar-refractivity contribution in [2.45, 2.75) is 58.9 Å². The van der Waals surface area contributed by atoms with Gasteiger partial charge in [0.15, 0.2) is 5.75 Å². The molecule has 16 heavy (non-hydrogen) atoms. The summed E-state index contributed by atoms with van der Waals surface area (Å²) in [4.78, 5) is 0. The quantitative estimate of drug-likeness (QED) is 0.628. The molecule has 1 rings (SSSR count). The number of ether oxygens (including phenoxy) is 1. The normalized spacial score (nSPS) is 11.0. The van der Waals surface area contributed by atoms with Gasteiger partial charge in [-0.3, -0.25) is 4.68 Å². The molecule has 0 N–H and O–H groups in total. The largest absolute Gasteiger partial charge is 0.490 e. The first-order chi connectivity index (χ1) is 7.74. The molecule has 1 aromatic rings. The Bertz CT molecular complexity index is 281. The molecule has 0 aliphatic heterocycles. The van der Waals surface area contributed by atoms with Crippen LogP contribution in [0.1, 0.15) is 58.9 Å². The van der Waals surface area contributed by atoms with Gasteiger partial charge in [0.05, 0.1) is 19.0 Å². The lowest BCUT2D eigenvalue weighted by molar-refractivity contribution is 0.304. The van der Waals surface area contributed by atoms with Gasteiger partial charge in [-0.25, -0.2) is 0 Å². The van der Waals surface area contributed by atoms with Gasteiger partial charge in [0.25, 0.3) is 0 Å². The molecule has 1 aromatic heterocycles. The lowest BCUT2D eigenvalue weighted by Crippen LogP contribution is -2.00. The van der Waals surface area contributed by atoms with Gasteiger partial charge in [-0.1, -0.05) is 32.6 Å². The molecule has 0 aliphatic rings. The Labute approximate surface area is 98.8 Å². The summed E-state index contributed by atoms with van der Waals surface area (Å²) in [5, 5.41) is 4.24. The Hall–Kier alpha value is -0.990. The molecule has 0 unspecified atom stereocenters. The lowest BCUT2D eigenvalue weighted by atomic mass is 10.2. The molecule has 0 fully saturated rings. The molecule has 3 nitrogen and oxygen atoms in total. The van der Waals surface area contributed by atoms with E-state index in [1.807, 2.05) is 10.9 Å². The fourth-order valence-corrected chi connectivity index (χ4v) is 1.57. The maximum Gasteiger partial charge on any atom is 0.157 e. The monoisotopic (exact) mass is 224 g/mol. The second-order valence-corrected chi connectivity index (χ2v) is 4.51. The minimum Gasteiger partial charge on any atom is -0.490 e. The Morgan fingerprint density at radius 1 is 1.25 bits per heavy atom. The summed E-state index contributed by atoms with van der Waals surface area (Å²) in [5.74, 6) is 0.893. The summed E-state index contributed by atoms with van der Waals surface area (Å²) < 4.78 is 7.56. The Morgan fingerprint density at radius 2 is 2.00 bits per heavy atom. The average Bonchev–Trinajstić information content (AvgIpc) is 2.72. The molecule has 1 heterocycles. The third kappa shape index (κ3) is 4.69. The van der Waals surface area contributed by atoms with E-state index in [1.54, 1.807) is 6.20 Å². The van der Waals surface area contributed by atoms with Gasteiger partial charge in [0.2, 0.25) is 0 Å². The van der Waals surface area contributed by atoms with E-state index < -0.39 is 0 Å². The van der Waals surface area contributed by atoms with Crippen LogP contribution in [0.4, 0.5) is 0 Å². The predicted molar refractivity (Wildman–Crippen MR) is 66.9 cm³/mol. The van der Waals surface area contributed by atoms with Crippen LogP contribution in [0.15, 0.2) is 12.4 Å². The van der Waals surface area contributed by atoms with Gasteiger partial charge in [-0.2, -0.15) is 5.10 Å². The Kier molecular flexibility index (Phi) is 5.98. The molecule has 0 spiro atoms. The summed E-state index contributed by atoms with van der Waals surface area (Å²) >= 11 is 0. The highest BCUT2D eigenvalue weighted by molar-refractivity contribution is 5.11. The third-order valence-corrected chi connectivity index (χ3v) is 2.62. The first-order valence-corrected chi connectivity index (χ1v) is 6.41. The predicted octanol–water partition coefficient (Wildman–Crippen LogP) is 3.81. The van der Waals surface area contributed by atoms with E-state index in [1.165, 1.54) is 25.7 Å².